The maximum Gasteiger partial charge on any atom is 0.311 e. The molecule has 5 nitrogen and oxygen atoms in total. The Morgan fingerprint density at radius 2 is 2.04 bits per heavy atom. The Bertz CT molecular complexity index is 542. The topological polar surface area (TPSA) is 54.0 Å². The lowest BCUT2D eigenvalue weighted by molar-refractivity contribution is -0.290. The van der Waals surface area contributed by atoms with E-state index in [4.69, 9.17) is 18.9 Å². The van der Waals surface area contributed by atoms with Crippen molar-refractivity contribution >= 4 is 5.97 Å². The van der Waals surface area contributed by atoms with E-state index in [2.05, 4.69) is 0 Å². The van der Waals surface area contributed by atoms with E-state index >= 15 is 0 Å². The highest BCUT2D eigenvalue weighted by molar-refractivity contribution is 5.74. The summed E-state index contributed by atoms with van der Waals surface area (Å²) in [5.74, 6) is -1.22. The number of carbonyl (C=O) groups is 1. The molecule has 2 aliphatic rings. The van der Waals surface area contributed by atoms with E-state index in [1.54, 1.807) is 0 Å². The van der Waals surface area contributed by atoms with Gasteiger partial charge < -0.3 is 18.9 Å². The minimum Gasteiger partial charge on any atom is -0.469 e. The van der Waals surface area contributed by atoms with Crippen molar-refractivity contribution in [2.24, 2.45) is 11.8 Å². The number of benzene rings is 1. The van der Waals surface area contributed by atoms with Gasteiger partial charge in [0.15, 0.2) is 5.79 Å². The maximum absolute atomic E-state index is 12.2. The van der Waals surface area contributed by atoms with Crippen LogP contribution >= 0.6 is 0 Å². The van der Waals surface area contributed by atoms with E-state index in [9.17, 15) is 4.79 Å². The number of hydrogen-bond donors (Lipinski definition) is 0. The highest BCUT2D eigenvalue weighted by Gasteiger charge is 2.53. The third kappa shape index (κ3) is 3.57. The summed E-state index contributed by atoms with van der Waals surface area (Å²) in [7, 11) is 1.42. The lowest BCUT2D eigenvalue weighted by Gasteiger charge is -2.39. The molecular weight excluding hydrogens is 296 g/mol. The van der Waals surface area contributed by atoms with Crippen molar-refractivity contribution in [2.45, 2.75) is 44.9 Å². The second kappa shape index (κ2) is 6.59. The zero-order chi connectivity index (χ0) is 16.4. The Morgan fingerprint density at radius 1 is 1.30 bits per heavy atom. The van der Waals surface area contributed by atoms with E-state index in [1.165, 1.54) is 7.11 Å². The van der Waals surface area contributed by atoms with Gasteiger partial charge in [0.1, 0.15) is 0 Å². The average molecular weight is 320 g/mol. The van der Waals surface area contributed by atoms with Crippen LogP contribution in [0.1, 0.15) is 25.8 Å². The molecule has 23 heavy (non-hydrogen) atoms. The molecule has 0 aromatic heterocycles. The van der Waals surface area contributed by atoms with Crippen molar-refractivity contribution in [3.8, 4) is 0 Å². The number of methoxy groups -OCH3 is 1. The molecule has 5 heteroatoms. The van der Waals surface area contributed by atoms with Crippen LogP contribution in [-0.2, 0) is 30.3 Å². The molecule has 1 aliphatic heterocycles. The predicted molar refractivity (Wildman–Crippen MR) is 83.5 cm³/mol. The summed E-state index contributed by atoms with van der Waals surface area (Å²) < 4.78 is 22.8. The number of carbonyl (C=O) groups excluding carboxylic acids is 1. The summed E-state index contributed by atoms with van der Waals surface area (Å²) in [6.45, 7) is 4.76. The van der Waals surface area contributed by atoms with Gasteiger partial charge in [0, 0.05) is 12.3 Å². The molecule has 0 amide bonds. The van der Waals surface area contributed by atoms with Crippen molar-refractivity contribution in [2.75, 3.05) is 13.7 Å². The highest BCUT2D eigenvalue weighted by Crippen LogP contribution is 2.43. The van der Waals surface area contributed by atoms with Crippen LogP contribution in [0.2, 0.25) is 0 Å². The molecule has 1 aliphatic carbocycles. The standard InChI is InChI=1S/C18H24O5/c1-18(2)22-11-13-14(23-18)9-15(16(13)17(19)20-3)21-10-12-7-5-4-6-8-12/h4-8,13-16H,9-11H2,1-3H3/t13-,14-,15-,16-/m1/s1. The minimum absolute atomic E-state index is 0.0174. The third-order valence-electron chi connectivity index (χ3n) is 4.64. The van der Waals surface area contributed by atoms with Gasteiger partial charge in [-0.05, 0) is 19.4 Å². The highest BCUT2D eigenvalue weighted by atomic mass is 16.7. The molecule has 0 unspecified atom stereocenters. The van der Waals surface area contributed by atoms with Crippen LogP contribution in [0.25, 0.3) is 0 Å². The second-order valence-corrected chi connectivity index (χ2v) is 6.65. The van der Waals surface area contributed by atoms with Gasteiger partial charge in [-0.25, -0.2) is 0 Å². The number of ether oxygens (including phenoxy) is 4. The van der Waals surface area contributed by atoms with Gasteiger partial charge in [0.05, 0.1) is 38.4 Å². The molecule has 1 saturated carbocycles. The lowest BCUT2D eigenvalue weighted by Crippen LogP contribution is -2.46. The first-order valence-electron chi connectivity index (χ1n) is 8.05. The molecule has 0 bridgehead atoms. The van der Waals surface area contributed by atoms with E-state index in [1.807, 2.05) is 44.2 Å². The van der Waals surface area contributed by atoms with Gasteiger partial charge in [-0.1, -0.05) is 30.3 Å². The molecule has 0 N–H and O–H groups in total. The number of rotatable bonds is 4. The number of hydrogen-bond acceptors (Lipinski definition) is 5. The van der Waals surface area contributed by atoms with Crippen LogP contribution in [0.5, 0.6) is 0 Å². The normalized spacial score (nSPS) is 32.3. The maximum atomic E-state index is 12.2. The summed E-state index contributed by atoms with van der Waals surface area (Å²) in [4.78, 5) is 12.2. The monoisotopic (exact) mass is 320 g/mol. The Morgan fingerprint density at radius 3 is 2.74 bits per heavy atom. The first kappa shape index (κ1) is 16.4. The number of esters is 1. The fraction of sp³-hybridized carbons (Fsp3) is 0.611. The summed E-state index contributed by atoms with van der Waals surface area (Å²) in [6, 6.07) is 9.95. The molecule has 1 aromatic carbocycles. The van der Waals surface area contributed by atoms with Gasteiger partial charge >= 0.3 is 5.97 Å². The van der Waals surface area contributed by atoms with E-state index < -0.39 is 5.79 Å². The zero-order valence-corrected chi connectivity index (χ0v) is 13.9. The summed E-state index contributed by atoms with van der Waals surface area (Å²) in [5, 5.41) is 0. The average Bonchev–Trinajstić information content (AvgIpc) is 2.89. The van der Waals surface area contributed by atoms with Gasteiger partial charge in [0.25, 0.3) is 0 Å². The SMILES string of the molecule is COC(=O)[C@@H]1[C@@H]2COC(C)(C)O[C@@H]2C[C@H]1OCc1ccccc1. The lowest BCUT2D eigenvalue weighted by atomic mass is 9.93. The minimum atomic E-state index is -0.615. The Hall–Kier alpha value is -1.43. The quantitative estimate of drug-likeness (QED) is 0.798. The molecule has 1 heterocycles. The molecular formula is C18H24O5. The molecule has 1 aromatic rings. The van der Waals surface area contributed by atoms with Crippen molar-refractivity contribution in [3.63, 3.8) is 0 Å². The molecule has 0 radical (unpaired) electrons. The predicted octanol–water partition coefficient (Wildman–Crippen LogP) is 2.53. The van der Waals surface area contributed by atoms with E-state index in [0.29, 0.717) is 19.6 Å². The van der Waals surface area contributed by atoms with Crippen molar-refractivity contribution in [1.29, 1.82) is 0 Å². The summed E-state index contributed by atoms with van der Waals surface area (Å²) in [5.41, 5.74) is 1.09. The molecule has 4 atom stereocenters. The molecule has 126 valence electrons. The van der Waals surface area contributed by atoms with Crippen LogP contribution in [0, 0.1) is 11.8 Å². The summed E-state index contributed by atoms with van der Waals surface area (Å²) in [6.07, 6.45) is 0.433. The zero-order valence-electron chi connectivity index (χ0n) is 13.9. The van der Waals surface area contributed by atoms with Crippen LogP contribution in [0.3, 0.4) is 0 Å². The largest absolute Gasteiger partial charge is 0.469 e. The van der Waals surface area contributed by atoms with Gasteiger partial charge in [-0.15, -0.1) is 0 Å². The molecule has 3 rings (SSSR count). The van der Waals surface area contributed by atoms with Gasteiger partial charge in [-0.3, -0.25) is 4.79 Å². The smallest absolute Gasteiger partial charge is 0.311 e. The number of fused-ring (bicyclic) bond motifs is 1. The fourth-order valence-corrected chi connectivity index (χ4v) is 3.51. The van der Waals surface area contributed by atoms with Gasteiger partial charge in [0.2, 0.25) is 0 Å². The Labute approximate surface area is 136 Å². The van der Waals surface area contributed by atoms with Crippen molar-refractivity contribution < 1.29 is 23.7 Å². The van der Waals surface area contributed by atoms with E-state index in [-0.39, 0.29) is 30.0 Å². The molecule has 0 spiro atoms. The Balaban J connectivity index is 1.71. The van der Waals surface area contributed by atoms with Crippen LogP contribution < -0.4 is 0 Å². The van der Waals surface area contributed by atoms with Gasteiger partial charge in [-0.2, -0.15) is 0 Å². The van der Waals surface area contributed by atoms with Crippen LogP contribution in [0.15, 0.2) is 30.3 Å². The molecule has 1 saturated heterocycles. The Kier molecular flexibility index (Phi) is 4.71. The van der Waals surface area contributed by atoms with Crippen molar-refractivity contribution in [1.82, 2.24) is 0 Å². The van der Waals surface area contributed by atoms with Crippen molar-refractivity contribution in [3.05, 3.63) is 35.9 Å². The van der Waals surface area contributed by atoms with E-state index in [0.717, 1.165) is 5.56 Å². The van der Waals surface area contributed by atoms with Crippen LogP contribution in [-0.4, -0.2) is 37.7 Å². The first-order valence-corrected chi connectivity index (χ1v) is 8.05. The molecule has 2 fully saturated rings. The fourth-order valence-electron chi connectivity index (χ4n) is 3.51. The first-order chi connectivity index (χ1) is 11.0. The second-order valence-electron chi connectivity index (χ2n) is 6.65. The van der Waals surface area contributed by atoms with Crippen LogP contribution in [0.4, 0.5) is 0 Å². The summed E-state index contributed by atoms with van der Waals surface area (Å²) >= 11 is 0. The third-order valence-corrected chi connectivity index (χ3v) is 4.64.